The number of rotatable bonds is 6. The molecule has 1 heterocycles. The van der Waals surface area contributed by atoms with Gasteiger partial charge in [0.1, 0.15) is 0 Å². The first kappa shape index (κ1) is 21.3. The van der Waals surface area contributed by atoms with E-state index in [0.29, 0.717) is 26.6 Å². The first-order chi connectivity index (χ1) is 15.0. The number of aromatic nitrogens is 2. The lowest BCUT2D eigenvalue weighted by molar-refractivity contribution is 0.102. The Balaban J connectivity index is 1.76. The van der Waals surface area contributed by atoms with Crippen LogP contribution in [0.4, 0.5) is 0 Å². The molecule has 0 N–H and O–H groups in total. The largest absolute Gasteiger partial charge is 0.293 e. The Morgan fingerprint density at radius 2 is 1.81 bits per heavy atom. The van der Waals surface area contributed by atoms with E-state index in [1.807, 2.05) is 55.5 Å². The predicted octanol–water partition coefficient (Wildman–Crippen LogP) is 5.88. The van der Waals surface area contributed by atoms with Gasteiger partial charge in [0.25, 0.3) is 5.56 Å². The summed E-state index contributed by atoms with van der Waals surface area (Å²) in [5, 5.41) is 1.46. The highest BCUT2D eigenvalue weighted by Gasteiger charge is 2.17. The number of carbonyl (C=O) groups is 1. The average molecular weight is 449 g/mol. The SMILES string of the molecule is CCc1ccc(C(=O)CSc2nc3cc(Cl)ccc3c(=O)n2-c2ccccc2C)cc1. The first-order valence-corrected chi connectivity index (χ1v) is 11.4. The Morgan fingerprint density at radius 3 is 2.52 bits per heavy atom. The van der Waals surface area contributed by atoms with Crippen LogP contribution >= 0.6 is 23.4 Å². The van der Waals surface area contributed by atoms with Gasteiger partial charge in [0.05, 0.1) is 22.3 Å². The Labute approximate surface area is 189 Å². The number of hydrogen-bond donors (Lipinski definition) is 0. The lowest BCUT2D eigenvalue weighted by Gasteiger charge is -2.15. The number of halogens is 1. The average Bonchev–Trinajstić information content (AvgIpc) is 2.78. The number of nitrogens with zero attached hydrogens (tertiary/aromatic N) is 2. The fraction of sp³-hybridized carbons (Fsp3) is 0.160. The van der Waals surface area contributed by atoms with E-state index in [-0.39, 0.29) is 17.1 Å². The molecule has 0 amide bonds. The monoisotopic (exact) mass is 448 g/mol. The maximum absolute atomic E-state index is 13.4. The second-order valence-electron chi connectivity index (χ2n) is 7.25. The zero-order valence-corrected chi connectivity index (χ0v) is 18.8. The van der Waals surface area contributed by atoms with Crippen LogP contribution in [0.15, 0.2) is 76.7 Å². The van der Waals surface area contributed by atoms with E-state index in [0.717, 1.165) is 17.7 Å². The van der Waals surface area contributed by atoms with Gasteiger partial charge in [-0.1, -0.05) is 72.8 Å². The van der Waals surface area contributed by atoms with E-state index >= 15 is 0 Å². The van der Waals surface area contributed by atoms with E-state index in [2.05, 4.69) is 6.92 Å². The molecule has 4 rings (SSSR count). The second-order valence-corrected chi connectivity index (χ2v) is 8.62. The molecule has 0 saturated heterocycles. The van der Waals surface area contributed by atoms with E-state index in [9.17, 15) is 9.59 Å². The maximum Gasteiger partial charge on any atom is 0.266 e. The Bertz CT molecular complexity index is 1330. The smallest absolute Gasteiger partial charge is 0.266 e. The van der Waals surface area contributed by atoms with Crippen molar-refractivity contribution in [3.63, 3.8) is 0 Å². The quantitative estimate of drug-likeness (QED) is 0.210. The van der Waals surface area contributed by atoms with Gasteiger partial charge < -0.3 is 0 Å². The molecule has 156 valence electrons. The molecule has 0 atom stereocenters. The van der Waals surface area contributed by atoms with Gasteiger partial charge in [-0.15, -0.1) is 0 Å². The van der Waals surface area contributed by atoms with Crippen molar-refractivity contribution in [1.29, 1.82) is 0 Å². The van der Waals surface area contributed by atoms with Gasteiger partial charge in [0, 0.05) is 10.6 Å². The van der Waals surface area contributed by atoms with Gasteiger partial charge >= 0.3 is 0 Å². The molecule has 31 heavy (non-hydrogen) atoms. The van der Waals surface area contributed by atoms with Crippen molar-refractivity contribution in [1.82, 2.24) is 9.55 Å². The molecule has 4 aromatic rings. The molecule has 0 aliphatic rings. The number of carbonyl (C=O) groups excluding carboxylic acids is 1. The van der Waals surface area contributed by atoms with Gasteiger partial charge in [-0.25, -0.2) is 4.98 Å². The summed E-state index contributed by atoms with van der Waals surface area (Å²) in [7, 11) is 0. The lowest BCUT2D eigenvalue weighted by atomic mass is 10.1. The summed E-state index contributed by atoms with van der Waals surface area (Å²) in [6, 6.07) is 20.3. The van der Waals surface area contributed by atoms with Crippen LogP contribution in [0.1, 0.15) is 28.4 Å². The highest BCUT2D eigenvalue weighted by atomic mass is 35.5. The standard InChI is InChI=1S/C25H21ClN2O2S/c1-3-17-8-10-18(11-9-17)23(29)15-31-25-27-21-14-19(26)12-13-20(21)24(30)28(25)22-7-5-4-6-16(22)2/h4-14H,3,15H2,1-2H3. The molecule has 0 unspecified atom stereocenters. The third kappa shape index (κ3) is 4.43. The fourth-order valence-corrected chi connectivity index (χ4v) is 4.47. The third-order valence-corrected chi connectivity index (χ3v) is 6.35. The Hall–Kier alpha value is -2.89. The fourth-order valence-electron chi connectivity index (χ4n) is 3.40. The first-order valence-electron chi connectivity index (χ1n) is 10.0. The van der Waals surface area contributed by atoms with Crippen molar-refractivity contribution in [3.05, 3.63) is 98.8 Å². The minimum atomic E-state index is -0.182. The van der Waals surface area contributed by atoms with Crippen molar-refractivity contribution in [2.75, 3.05) is 5.75 Å². The van der Waals surface area contributed by atoms with Crippen LogP contribution < -0.4 is 5.56 Å². The van der Waals surface area contributed by atoms with Crippen LogP contribution in [0.25, 0.3) is 16.6 Å². The molecule has 0 bridgehead atoms. The summed E-state index contributed by atoms with van der Waals surface area (Å²) in [6.45, 7) is 4.03. The summed E-state index contributed by atoms with van der Waals surface area (Å²) in [5.74, 6) is 0.167. The predicted molar refractivity (Wildman–Crippen MR) is 128 cm³/mol. The molecule has 3 aromatic carbocycles. The van der Waals surface area contributed by atoms with E-state index in [1.54, 1.807) is 22.8 Å². The number of ketones is 1. The minimum absolute atomic E-state index is 0.00979. The van der Waals surface area contributed by atoms with Crippen LogP contribution in [0, 0.1) is 6.92 Å². The Kier molecular flexibility index (Phi) is 6.25. The van der Waals surface area contributed by atoms with Crippen molar-refractivity contribution in [2.45, 2.75) is 25.4 Å². The number of hydrogen-bond acceptors (Lipinski definition) is 4. The molecule has 0 radical (unpaired) electrons. The molecule has 6 heteroatoms. The zero-order valence-electron chi connectivity index (χ0n) is 17.3. The summed E-state index contributed by atoms with van der Waals surface area (Å²) in [4.78, 5) is 30.9. The van der Waals surface area contributed by atoms with Crippen LogP contribution in [-0.2, 0) is 6.42 Å². The number of thioether (sulfide) groups is 1. The van der Waals surface area contributed by atoms with Crippen LogP contribution in [-0.4, -0.2) is 21.1 Å². The Morgan fingerprint density at radius 1 is 1.06 bits per heavy atom. The summed E-state index contributed by atoms with van der Waals surface area (Å²) in [6.07, 6.45) is 0.926. The van der Waals surface area contributed by atoms with Crippen LogP contribution in [0.2, 0.25) is 5.02 Å². The molecule has 0 saturated carbocycles. The van der Waals surface area contributed by atoms with Gasteiger partial charge in [-0.05, 0) is 48.7 Å². The van der Waals surface area contributed by atoms with E-state index < -0.39 is 0 Å². The zero-order chi connectivity index (χ0) is 22.0. The number of benzene rings is 3. The van der Waals surface area contributed by atoms with E-state index in [1.165, 1.54) is 17.3 Å². The maximum atomic E-state index is 13.4. The van der Waals surface area contributed by atoms with Gasteiger partial charge in [0.15, 0.2) is 10.9 Å². The number of aryl methyl sites for hydroxylation is 2. The molecule has 1 aromatic heterocycles. The lowest BCUT2D eigenvalue weighted by Crippen LogP contribution is -2.23. The minimum Gasteiger partial charge on any atom is -0.293 e. The highest BCUT2D eigenvalue weighted by molar-refractivity contribution is 7.99. The second kappa shape index (κ2) is 9.08. The highest BCUT2D eigenvalue weighted by Crippen LogP contribution is 2.25. The summed E-state index contributed by atoms with van der Waals surface area (Å²) >= 11 is 7.39. The molecule has 4 nitrogen and oxygen atoms in total. The van der Waals surface area contributed by atoms with Gasteiger partial charge in [-0.2, -0.15) is 0 Å². The van der Waals surface area contributed by atoms with Gasteiger partial charge in [0.2, 0.25) is 0 Å². The van der Waals surface area contributed by atoms with Crippen molar-refractivity contribution in [2.24, 2.45) is 0 Å². The van der Waals surface area contributed by atoms with E-state index in [4.69, 9.17) is 16.6 Å². The number of para-hydroxylation sites is 1. The van der Waals surface area contributed by atoms with Crippen molar-refractivity contribution >= 4 is 40.0 Å². The normalized spacial score (nSPS) is 11.1. The molecular weight excluding hydrogens is 428 g/mol. The van der Waals surface area contributed by atoms with Crippen LogP contribution in [0.5, 0.6) is 0 Å². The third-order valence-electron chi connectivity index (χ3n) is 5.17. The molecular formula is C25H21ClN2O2S. The van der Waals surface area contributed by atoms with Crippen LogP contribution in [0.3, 0.4) is 0 Å². The summed E-state index contributed by atoms with van der Waals surface area (Å²) < 4.78 is 1.59. The van der Waals surface area contributed by atoms with Gasteiger partial charge in [-0.3, -0.25) is 14.2 Å². The van der Waals surface area contributed by atoms with Crippen molar-refractivity contribution in [3.8, 4) is 5.69 Å². The molecule has 0 fully saturated rings. The van der Waals surface area contributed by atoms with Crippen molar-refractivity contribution < 1.29 is 4.79 Å². The molecule has 0 aliphatic carbocycles. The summed E-state index contributed by atoms with van der Waals surface area (Å²) in [5.41, 5.74) is 3.87. The molecule has 0 aliphatic heterocycles. The topological polar surface area (TPSA) is 52.0 Å². The molecule has 0 spiro atoms. The number of Topliss-reactive ketones (excluding diaryl/α,β-unsaturated/α-hetero) is 1. The number of fused-ring (bicyclic) bond motifs is 1.